The van der Waals surface area contributed by atoms with Crippen molar-refractivity contribution in [3.8, 4) is 0 Å². The average Bonchev–Trinajstić information content (AvgIpc) is 2.90. The highest BCUT2D eigenvalue weighted by Gasteiger charge is 2.34. The van der Waals surface area contributed by atoms with Crippen LogP contribution in [0.2, 0.25) is 0 Å². The fourth-order valence-electron chi connectivity index (χ4n) is 3.31. The Bertz CT molecular complexity index is 301. The van der Waals surface area contributed by atoms with Crippen LogP contribution in [0.1, 0.15) is 59.3 Å². The Kier molecular flexibility index (Phi) is 6.96. The maximum absolute atomic E-state index is 12.0. The second-order valence-electron chi connectivity index (χ2n) is 6.65. The topological polar surface area (TPSA) is 41.6 Å². The Morgan fingerprint density at radius 3 is 2.50 bits per heavy atom. The maximum atomic E-state index is 12.0. The van der Waals surface area contributed by atoms with E-state index in [0.29, 0.717) is 0 Å². The lowest BCUT2D eigenvalue weighted by atomic mass is 9.94. The van der Waals surface area contributed by atoms with Crippen molar-refractivity contribution in [1.82, 2.24) is 10.2 Å². The van der Waals surface area contributed by atoms with E-state index in [1.54, 1.807) is 0 Å². The molecule has 4 heteroatoms. The fraction of sp³-hybridized carbons (Fsp3) is 0.938. The molecule has 1 rings (SSSR count). The molecular formula is C16H32N2O2. The molecular weight excluding hydrogens is 252 g/mol. The molecule has 0 amide bonds. The van der Waals surface area contributed by atoms with Gasteiger partial charge in [-0.3, -0.25) is 10.1 Å². The number of methoxy groups -OCH3 is 1. The lowest BCUT2D eigenvalue weighted by Crippen LogP contribution is -2.53. The van der Waals surface area contributed by atoms with Gasteiger partial charge in [-0.05, 0) is 60.0 Å². The normalized spacial score (nSPS) is 19.6. The number of carbonyl (C=O) groups is 1. The van der Waals surface area contributed by atoms with Crippen molar-refractivity contribution in [3.63, 3.8) is 0 Å². The molecule has 20 heavy (non-hydrogen) atoms. The number of nitrogens with one attached hydrogen (secondary N) is 1. The standard InChI is InChI=1S/C16H32N2O2/c1-13(2)17-16(3,15(19)20-5)11-8-12-18(4)14-9-6-7-10-14/h13-14,17H,6-12H2,1-5H3. The predicted molar refractivity (Wildman–Crippen MR) is 82.8 cm³/mol. The van der Waals surface area contributed by atoms with E-state index in [1.165, 1.54) is 32.8 Å². The number of hydrogen-bond acceptors (Lipinski definition) is 4. The monoisotopic (exact) mass is 284 g/mol. The summed E-state index contributed by atoms with van der Waals surface area (Å²) in [5, 5.41) is 3.36. The van der Waals surface area contributed by atoms with Gasteiger partial charge in [-0.2, -0.15) is 0 Å². The third-order valence-electron chi connectivity index (χ3n) is 4.38. The van der Waals surface area contributed by atoms with Crippen molar-refractivity contribution < 1.29 is 9.53 Å². The smallest absolute Gasteiger partial charge is 0.325 e. The first-order valence-electron chi connectivity index (χ1n) is 7.95. The van der Waals surface area contributed by atoms with Gasteiger partial charge in [0.2, 0.25) is 0 Å². The van der Waals surface area contributed by atoms with Crippen molar-refractivity contribution in [1.29, 1.82) is 0 Å². The molecule has 0 spiro atoms. The van der Waals surface area contributed by atoms with Gasteiger partial charge in [-0.1, -0.05) is 12.8 Å². The molecule has 1 aliphatic carbocycles. The van der Waals surface area contributed by atoms with Crippen LogP contribution in [0.5, 0.6) is 0 Å². The molecule has 0 aromatic rings. The number of hydrogen-bond donors (Lipinski definition) is 1. The van der Waals surface area contributed by atoms with Crippen LogP contribution in [0.15, 0.2) is 0 Å². The number of ether oxygens (including phenoxy) is 1. The highest BCUT2D eigenvalue weighted by molar-refractivity contribution is 5.80. The van der Waals surface area contributed by atoms with E-state index in [0.717, 1.165) is 25.4 Å². The molecule has 1 saturated carbocycles. The molecule has 1 fully saturated rings. The van der Waals surface area contributed by atoms with Crippen molar-refractivity contribution >= 4 is 5.97 Å². The quantitative estimate of drug-likeness (QED) is 0.696. The second-order valence-corrected chi connectivity index (χ2v) is 6.65. The second kappa shape index (κ2) is 7.99. The van der Waals surface area contributed by atoms with Gasteiger partial charge in [0.15, 0.2) is 0 Å². The zero-order chi connectivity index (χ0) is 15.2. The van der Waals surface area contributed by atoms with Gasteiger partial charge in [0.25, 0.3) is 0 Å². The minimum Gasteiger partial charge on any atom is -0.468 e. The Morgan fingerprint density at radius 2 is 2.00 bits per heavy atom. The van der Waals surface area contributed by atoms with Crippen LogP contribution in [0, 0.1) is 0 Å². The van der Waals surface area contributed by atoms with Crippen molar-refractivity contribution in [3.05, 3.63) is 0 Å². The average molecular weight is 284 g/mol. The largest absolute Gasteiger partial charge is 0.468 e. The predicted octanol–water partition coefficient (Wildman–Crippen LogP) is 2.57. The molecule has 1 N–H and O–H groups in total. The van der Waals surface area contributed by atoms with Crippen LogP contribution >= 0.6 is 0 Å². The van der Waals surface area contributed by atoms with E-state index in [4.69, 9.17) is 4.74 Å². The summed E-state index contributed by atoms with van der Waals surface area (Å²) >= 11 is 0. The number of nitrogens with zero attached hydrogens (tertiary/aromatic N) is 1. The molecule has 0 saturated heterocycles. The first-order chi connectivity index (χ1) is 9.39. The molecule has 0 radical (unpaired) electrons. The van der Waals surface area contributed by atoms with E-state index >= 15 is 0 Å². The molecule has 0 heterocycles. The lowest BCUT2D eigenvalue weighted by Gasteiger charge is -2.31. The van der Waals surface area contributed by atoms with Crippen molar-refractivity contribution in [2.24, 2.45) is 0 Å². The summed E-state index contributed by atoms with van der Waals surface area (Å²) in [6, 6.07) is 1.02. The highest BCUT2D eigenvalue weighted by atomic mass is 16.5. The molecule has 0 aliphatic heterocycles. The van der Waals surface area contributed by atoms with Crippen LogP contribution in [0.3, 0.4) is 0 Å². The Hall–Kier alpha value is -0.610. The summed E-state index contributed by atoms with van der Waals surface area (Å²) in [5.41, 5.74) is -0.570. The van der Waals surface area contributed by atoms with Gasteiger partial charge in [0, 0.05) is 12.1 Å². The van der Waals surface area contributed by atoms with Gasteiger partial charge in [-0.25, -0.2) is 0 Å². The molecule has 1 aliphatic rings. The molecule has 0 aromatic carbocycles. The van der Waals surface area contributed by atoms with Crippen molar-refractivity contribution in [2.75, 3.05) is 20.7 Å². The van der Waals surface area contributed by atoms with Crippen LogP contribution in [0.4, 0.5) is 0 Å². The third kappa shape index (κ3) is 5.06. The molecule has 118 valence electrons. The lowest BCUT2D eigenvalue weighted by molar-refractivity contribution is -0.148. The maximum Gasteiger partial charge on any atom is 0.325 e. The van der Waals surface area contributed by atoms with Gasteiger partial charge in [0.05, 0.1) is 7.11 Å². The van der Waals surface area contributed by atoms with Gasteiger partial charge in [0.1, 0.15) is 5.54 Å². The molecule has 0 aromatic heterocycles. The number of esters is 1. The van der Waals surface area contributed by atoms with Crippen LogP contribution in [-0.2, 0) is 9.53 Å². The van der Waals surface area contributed by atoms with E-state index in [9.17, 15) is 4.79 Å². The zero-order valence-corrected chi connectivity index (χ0v) is 13.9. The van der Waals surface area contributed by atoms with Crippen molar-refractivity contribution in [2.45, 2.75) is 76.9 Å². The molecule has 1 unspecified atom stereocenters. The minimum absolute atomic E-state index is 0.158. The van der Waals surface area contributed by atoms with Crippen LogP contribution in [-0.4, -0.2) is 49.2 Å². The van der Waals surface area contributed by atoms with Crippen LogP contribution in [0.25, 0.3) is 0 Å². The first-order valence-corrected chi connectivity index (χ1v) is 7.95. The molecule has 1 atom stereocenters. The SMILES string of the molecule is COC(=O)C(C)(CCCN(C)C1CCCC1)NC(C)C. The first kappa shape index (κ1) is 17.4. The van der Waals surface area contributed by atoms with Gasteiger partial charge >= 0.3 is 5.97 Å². The Morgan fingerprint density at radius 1 is 1.40 bits per heavy atom. The van der Waals surface area contributed by atoms with E-state index in [1.807, 2.05) is 6.92 Å². The summed E-state index contributed by atoms with van der Waals surface area (Å²) in [6.07, 6.45) is 7.21. The summed E-state index contributed by atoms with van der Waals surface area (Å²) in [5.74, 6) is -0.158. The summed E-state index contributed by atoms with van der Waals surface area (Å²) < 4.78 is 4.96. The number of carbonyl (C=O) groups excluding carboxylic acids is 1. The van der Waals surface area contributed by atoms with Gasteiger partial charge < -0.3 is 9.64 Å². The highest BCUT2D eigenvalue weighted by Crippen LogP contribution is 2.23. The van der Waals surface area contributed by atoms with E-state index in [2.05, 4.69) is 31.1 Å². The van der Waals surface area contributed by atoms with E-state index < -0.39 is 5.54 Å². The summed E-state index contributed by atoms with van der Waals surface area (Å²) in [4.78, 5) is 14.5. The molecule has 0 bridgehead atoms. The Balaban J connectivity index is 2.43. The summed E-state index contributed by atoms with van der Waals surface area (Å²) in [6.45, 7) is 7.13. The Labute approximate surface area is 124 Å². The zero-order valence-electron chi connectivity index (χ0n) is 13.9. The summed E-state index contributed by atoms with van der Waals surface area (Å²) in [7, 11) is 3.68. The minimum atomic E-state index is -0.570. The van der Waals surface area contributed by atoms with E-state index in [-0.39, 0.29) is 12.0 Å². The van der Waals surface area contributed by atoms with Crippen LogP contribution < -0.4 is 5.32 Å². The molecule has 4 nitrogen and oxygen atoms in total. The third-order valence-corrected chi connectivity index (χ3v) is 4.38. The fourth-order valence-corrected chi connectivity index (χ4v) is 3.31. The number of rotatable bonds is 8. The van der Waals surface area contributed by atoms with Gasteiger partial charge in [-0.15, -0.1) is 0 Å².